The fourth-order valence-corrected chi connectivity index (χ4v) is 0.569. The molecule has 0 aliphatic carbocycles. The number of hydrogen-bond acceptors (Lipinski definition) is 3. The minimum Gasteiger partial charge on any atom is -0.464 e. The first kappa shape index (κ1) is 16.4. The SMILES string of the molecule is [C-]#[N+]CC(=O)NC(C)C.[C-]#[N+]CC(=O)OC. The number of esters is 1. The molecule has 0 heterocycles. The summed E-state index contributed by atoms with van der Waals surface area (Å²) < 4.78 is 4.14. The van der Waals surface area contributed by atoms with E-state index in [1.807, 2.05) is 13.8 Å². The molecule has 0 fully saturated rings. The van der Waals surface area contributed by atoms with Gasteiger partial charge in [-0.1, -0.05) is 0 Å². The van der Waals surface area contributed by atoms with Crippen molar-refractivity contribution in [3.8, 4) is 0 Å². The molecule has 16 heavy (non-hydrogen) atoms. The number of carbonyl (C=O) groups is 2. The minimum absolute atomic E-state index is 0.0574. The third-order valence-corrected chi connectivity index (χ3v) is 1.11. The summed E-state index contributed by atoms with van der Waals surface area (Å²) in [7, 11) is 1.26. The highest BCUT2D eigenvalue weighted by atomic mass is 16.5. The van der Waals surface area contributed by atoms with E-state index in [4.69, 9.17) is 13.1 Å². The second-order valence-corrected chi connectivity index (χ2v) is 2.93. The van der Waals surface area contributed by atoms with E-state index in [-0.39, 0.29) is 25.0 Å². The van der Waals surface area contributed by atoms with Crippen molar-refractivity contribution in [3.63, 3.8) is 0 Å². The molecule has 88 valence electrons. The van der Waals surface area contributed by atoms with Crippen molar-refractivity contribution in [2.75, 3.05) is 20.2 Å². The van der Waals surface area contributed by atoms with Crippen LogP contribution in [-0.4, -0.2) is 38.1 Å². The van der Waals surface area contributed by atoms with E-state index < -0.39 is 5.97 Å². The molecular weight excluding hydrogens is 210 g/mol. The molecule has 0 aromatic heterocycles. The second-order valence-electron chi connectivity index (χ2n) is 2.93. The standard InChI is InChI=1S/C6H10N2O.C4H5NO2/c1-5(2)8-6(9)4-7-3;1-5-3-4(6)7-2/h5H,4H2,1-2H3,(H,8,9);3H2,2H3. The van der Waals surface area contributed by atoms with Crippen molar-refractivity contribution in [3.05, 3.63) is 22.8 Å². The van der Waals surface area contributed by atoms with E-state index in [2.05, 4.69) is 19.7 Å². The molecule has 6 heteroatoms. The first-order valence-electron chi connectivity index (χ1n) is 4.50. The maximum Gasteiger partial charge on any atom is 0.386 e. The predicted molar refractivity (Wildman–Crippen MR) is 58.2 cm³/mol. The molecule has 0 aromatic rings. The fourth-order valence-electron chi connectivity index (χ4n) is 0.569. The Kier molecular flexibility index (Phi) is 11.2. The highest BCUT2D eigenvalue weighted by Gasteiger charge is 2.03. The fraction of sp³-hybridized carbons (Fsp3) is 0.600. The van der Waals surface area contributed by atoms with Crippen molar-refractivity contribution in [1.82, 2.24) is 5.32 Å². The van der Waals surface area contributed by atoms with Gasteiger partial charge < -0.3 is 19.7 Å². The van der Waals surface area contributed by atoms with Crippen LogP contribution < -0.4 is 5.32 Å². The molecule has 0 aromatic carbocycles. The van der Waals surface area contributed by atoms with Gasteiger partial charge in [-0.2, -0.15) is 0 Å². The maximum absolute atomic E-state index is 10.5. The summed E-state index contributed by atoms with van der Waals surface area (Å²) in [5, 5.41) is 2.59. The molecule has 0 saturated carbocycles. The highest BCUT2D eigenvalue weighted by Crippen LogP contribution is 1.76. The van der Waals surface area contributed by atoms with E-state index in [0.29, 0.717) is 0 Å². The molecule has 0 saturated heterocycles. The molecular formula is C10H15N3O3. The predicted octanol–water partition coefficient (Wildman–Crippen LogP) is 0.509. The number of hydrogen-bond donors (Lipinski definition) is 1. The molecule has 0 aliphatic heterocycles. The lowest BCUT2D eigenvalue weighted by molar-refractivity contribution is -0.138. The average Bonchev–Trinajstić information content (AvgIpc) is 2.18. The van der Waals surface area contributed by atoms with Crippen molar-refractivity contribution in [2.24, 2.45) is 0 Å². The van der Waals surface area contributed by atoms with Crippen molar-refractivity contribution in [2.45, 2.75) is 19.9 Å². The maximum atomic E-state index is 10.5. The molecule has 0 radical (unpaired) electrons. The molecule has 1 N–H and O–H groups in total. The Labute approximate surface area is 95.2 Å². The van der Waals surface area contributed by atoms with Gasteiger partial charge in [0, 0.05) is 6.04 Å². The van der Waals surface area contributed by atoms with Crippen LogP contribution in [0.15, 0.2) is 0 Å². The van der Waals surface area contributed by atoms with Crippen LogP contribution in [0.4, 0.5) is 0 Å². The lowest BCUT2D eigenvalue weighted by atomic mass is 10.4. The van der Waals surface area contributed by atoms with Crippen LogP contribution in [0.1, 0.15) is 13.8 Å². The van der Waals surface area contributed by atoms with Gasteiger partial charge in [-0.25, -0.2) is 17.9 Å². The minimum atomic E-state index is -0.477. The highest BCUT2D eigenvalue weighted by molar-refractivity contribution is 5.79. The van der Waals surface area contributed by atoms with Crippen LogP contribution in [0.2, 0.25) is 0 Å². The van der Waals surface area contributed by atoms with Gasteiger partial charge in [0.25, 0.3) is 12.5 Å². The van der Waals surface area contributed by atoms with Crippen molar-refractivity contribution < 1.29 is 14.3 Å². The summed E-state index contributed by atoms with van der Waals surface area (Å²) in [4.78, 5) is 26.2. The first-order valence-corrected chi connectivity index (χ1v) is 4.50. The topological polar surface area (TPSA) is 64.1 Å². The number of methoxy groups -OCH3 is 1. The third kappa shape index (κ3) is 14.4. The van der Waals surface area contributed by atoms with Crippen LogP contribution in [0.3, 0.4) is 0 Å². The van der Waals surface area contributed by atoms with Gasteiger partial charge in [0.15, 0.2) is 0 Å². The zero-order valence-electron chi connectivity index (χ0n) is 9.61. The Bertz CT molecular complexity index is 299. The summed E-state index contributed by atoms with van der Waals surface area (Å²) in [6.07, 6.45) is 0. The molecule has 0 spiro atoms. The van der Waals surface area contributed by atoms with Crippen molar-refractivity contribution >= 4 is 11.9 Å². The quantitative estimate of drug-likeness (QED) is 0.562. The zero-order chi connectivity index (χ0) is 13.0. The van der Waals surface area contributed by atoms with Gasteiger partial charge in [0.2, 0.25) is 0 Å². The third-order valence-electron chi connectivity index (χ3n) is 1.11. The largest absolute Gasteiger partial charge is 0.464 e. The Morgan fingerprint density at radius 3 is 2.00 bits per heavy atom. The van der Waals surface area contributed by atoms with Crippen LogP contribution in [0.25, 0.3) is 9.69 Å². The number of ether oxygens (including phenoxy) is 1. The summed E-state index contributed by atoms with van der Waals surface area (Å²) >= 11 is 0. The van der Waals surface area contributed by atoms with Crippen LogP contribution in [-0.2, 0) is 14.3 Å². The van der Waals surface area contributed by atoms with E-state index in [0.717, 1.165) is 0 Å². The Hall–Kier alpha value is -2.08. The van der Waals surface area contributed by atoms with Crippen LogP contribution in [0.5, 0.6) is 0 Å². The summed E-state index contributed by atoms with van der Waals surface area (Å²) in [6.45, 7) is 16.0. The molecule has 0 aliphatic rings. The number of amides is 1. The van der Waals surface area contributed by atoms with E-state index >= 15 is 0 Å². The summed E-state index contributed by atoms with van der Waals surface area (Å²) in [5.74, 6) is -0.671. The van der Waals surface area contributed by atoms with Gasteiger partial charge in [-0.3, -0.25) is 4.79 Å². The lowest BCUT2D eigenvalue weighted by Gasteiger charge is -2.02. The van der Waals surface area contributed by atoms with E-state index in [9.17, 15) is 9.59 Å². The van der Waals surface area contributed by atoms with Crippen LogP contribution in [0, 0.1) is 13.1 Å². The summed E-state index contributed by atoms with van der Waals surface area (Å²) in [5.41, 5.74) is 0. The number of nitrogens with one attached hydrogen (secondary N) is 1. The molecule has 0 rings (SSSR count). The van der Waals surface area contributed by atoms with Gasteiger partial charge in [0.05, 0.1) is 7.11 Å². The van der Waals surface area contributed by atoms with Gasteiger partial charge in [-0.15, -0.1) is 0 Å². The normalized spacial score (nSPS) is 7.88. The average molecular weight is 225 g/mol. The zero-order valence-corrected chi connectivity index (χ0v) is 9.61. The molecule has 1 amide bonds. The van der Waals surface area contributed by atoms with Gasteiger partial charge >= 0.3 is 12.5 Å². The van der Waals surface area contributed by atoms with E-state index in [1.54, 1.807) is 0 Å². The Balaban J connectivity index is 0. The lowest BCUT2D eigenvalue weighted by Crippen LogP contribution is -2.31. The Morgan fingerprint density at radius 1 is 1.25 bits per heavy atom. The number of rotatable bonds is 3. The van der Waals surface area contributed by atoms with Gasteiger partial charge in [0.1, 0.15) is 0 Å². The van der Waals surface area contributed by atoms with Gasteiger partial charge in [-0.05, 0) is 13.8 Å². The first-order chi connectivity index (χ1) is 7.47. The molecule has 0 bridgehead atoms. The monoisotopic (exact) mass is 225 g/mol. The molecule has 0 atom stereocenters. The smallest absolute Gasteiger partial charge is 0.386 e. The second kappa shape index (κ2) is 11.0. The number of nitrogens with zero attached hydrogens (tertiary/aromatic N) is 2. The molecule has 6 nitrogen and oxygen atoms in total. The molecule has 0 unspecified atom stereocenters. The van der Waals surface area contributed by atoms with Crippen LogP contribution >= 0.6 is 0 Å². The Morgan fingerprint density at radius 2 is 1.75 bits per heavy atom. The summed E-state index contributed by atoms with van der Waals surface area (Å²) in [6, 6.07) is 0.138. The number of carbonyl (C=O) groups excluding carboxylic acids is 2. The van der Waals surface area contributed by atoms with E-state index in [1.165, 1.54) is 7.11 Å². The van der Waals surface area contributed by atoms with Crippen molar-refractivity contribution in [1.29, 1.82) is 0 Å².